The molecule has 0 saturated carbocycles. The third-order valence-corrected chi connectivity index (χ3v) is 5.47. The molecular weight excluding hydrogens is 419 g/mol. The minimum Gasteiger partial charge on any atom is -0.479 e. The number of hydrogen-bond acceptors (Lipinski definition) is 4. The van der Waals surface area contributed by atoms with Crippen molar-refractivity contribution in [3.05, 3.63) is 58.4 Å². The van der Waals surface area contributed by atoms with Crippen molar-refractivity contribution in [2.75, 3.05) is 0 Å². The molecule has 1 aliphatic carbocycles. The molecule has 0 heterocycles. The van der Waals surface area contributed by atoms with Crippen LogP contribution in [-0.4, -0.2) is 25.9 Å². The van der Waals surface area contributed by atoms with Gasteiger partial charge in [-0.05, 0) is 18.2 Å². The second-order valence-corrected chi connectivity index (χ2v) is 7.90. The van der Waals surface area contributed by atoms with Gasteiger partial charge in [0.15, 0.2) is 6.10 Å². The molecule has 4 nitrogen and oxygen atoms in total. The van der Waals surface area contributed by atoms with Crippen molar-refractivity contribution in [3.8, 4) is 5.75 Å². The van der Waals surface area contributed by atoms with E-state index < -0.39 is 61.0 Å². The molecule has 2 aromatic rings. The fraction of sp³-hybridized carbons (Fsp3) is 0.188. The number of ether oxygens (including phenoxy) is 1. The maximum atomic E-state index is 14.5. The lowest BCUT2D eigenvalue weighted by Gasteiger charge is -2.20. The summed E-state index contributed by atoms with van der Waals surface area (Å²) in [5.41, 5.74) is -1.68. The van der Waals surface area contributed by atoms with Crippen LogP contribution < -0.4 is 4.74 Å². The van der Waals surface area contributed by atoms with Gasteiger partial charge in [-0.3, -0.25) is 4.79 Å². The molecule has 144 valence electrons. The number of rotatable bonds is 4. The van der Waals surface area contributed by atoms with Crippen LogP contribution in [0.25, 0.3) is 0 Å². The smallest absolute Gasteiger partial charge is 0.349 e. The first kappa shape index (κ1) is 19.6. The zero-order chi connectivity index (χ0) is 20.1. The molecule has 3 rings (SSSR count). The third kappa shape index (κ3) is 3.16. The molecule has 0 N–H and O–H groups in total. The van der Waals surface area contributed by atoms with Gasteiger partial charge in [0, 0.05) is 16.7 Å². The Labute approximate surface area is 154 Å². The second kappa shape index (κ2) is 6.45. The van der Waals surface area contributed by atoms with Gasteiger partial charge in [-0.25, -0.2) is 12.8 Å². The maximum absolute atomic E-state index is 14.5. The van der Waals surface area contributed by atoms with E-state index in [1.54, 1.807) is 0 Å². The molecule has 0 aromatic heterocycles. The molecular formula is C16H8ClF5O4S. The predicted molar refractivity (Wildman–Crippen MR) is 83.7 cm³/mol. The van der Waals surface area contributed by atoms with Crippen LogP contribution in [-0.2, 0) is 9.84 Å². The van der Waals surface area contributed by atoms with E-state index in [1.165, 1.54) is 0 Å². The fourth-order valence-corrected chi connectivity index (χ4v) is 3.86. The van der Waals surface area contributed by atoms with Gasteiger partial charge in [-0.2, -0.15) is 17.6 Å². The molecule has 0 saturated heterocycles. The van der Waals surface area contributed by atoms with Gasteiger partial charge < -0.3 is 4.74 Å². The quantitative estimate of drug-likeness (QED) is 0.679. The van der Waals surface area contributed by atoms with Crippen LogP contribution in [0.15, 0.2) is 41.3 Å². The van der Waals surface area contributed by atoms with E-state index in [2.05, 4.69) is 0 Å². The predicted octanol–water partition coefficient (Wildman–Crippen LogP) is 4.43. The van der Waals surface area contributed by atoms with E-state index in [1.807, 2.05) is 0 Å². The summed E-state index contributed by atoms with van der Waals surface area (Å²) in [5, 5.41) is -0.174. The van der Waals surface area contributed by atoms with E-state index in [4.69, 9.17) is 16.3 Å². The number of sulfone groups is 1. The Bertz CT molecular complexity index is 1020. The van der Waals surface area contributed by atoms with Crippen LogP contribution in [0.4, 0.5) is 22.0 Å². The van der Waals surface area contributed by atoms with E-state index in [0.29, 0.717) is 6.07 Å². The SMILES string of the molecule is O=C1c2c(cccc2S(=O)(=O)C(F)F)C(Oc2cc(F)cc(Cl)c2)C1(F)F. The zero-order valence-electron chi connectivity index (χ0n) is 12.9. The van der Waals surface area contributed by atoms with Crippen LogP contribution in [0.2, 0.25) is 5.02 Å². The summed E-state index contributed by atoms with van der Waals surface area (Å²) in [4.78, 5) is 10.9. The number of benzene rings is 2. The maximum Gasteiger partial charge on any atom is 0.349 e. The molecule has 0 amide bonds. The molecule has 11 heteroatoms. The first-order valence-electron chi connectivity index (χ1n) is 7.16. The number of alkyl halides is 4. The highest BCUT2D eigenvalue weighted by Gasteiger charge is 2.59. The highest BCUT2D eigenvalue weighted by molar-refractivity contribution is 7.91. The first-order chi connectivity index (χ1) is 12.5. The molecule has 27 heavy (non-hydrogen) atoms. The Balaban J connectivity index is 2.16. The summed E-state index contributed by atoms with van der Waals surface area (Å²) in [6, 6.07) is 5.12. The Morgan fingerprint density at radius 1 is 1.15 bits per heavy atom. The molecule has 0 radical (unpaired) electrons. The normalized spacial score (nSPS) is 18.6. The van der Waals surface area contributed by atoms with Gasteiger partial charge in [0.1, 0.15) is 11.6 Å². The first-order valence-corrected chi connectivity index (χ1v) is 9.09. The van der Waals surface area contributed by atoms with Crippen molar-refractivity contribution >= 4 is 27.2 Å². The molecule has 0 aliphatic heterocycles. The Kier molecular flexibility index (Phi) is 4.67. The van der Waals surface area contributed by atoms with E-state index in [9.17, 15) is 35.2 Å². The summed E-state index contributed by atoms with van der Waals surface area (Å²) < 4.78 is 96.5. The highest BCUT2D eigenvalue weighted by Crippen LogP contribution is 2.48. The van der Waals surface area contributed by atoms with Crippen LogP contribution in [0.1, 0.15) is 22.0 Å². The molecule has 0 fully saturated rings. The van der Waals surface area contributed by atoms with E-state index in [-0.39, 0.29) is 5.02 Å². The van der Waals surface area contributed by atoms with Gasteiger partial charge in [0.25, 0.3) is 0 Å². The van der Waals surface area contributed by atoms with Crippen molar-refractivity contribution in [1.82, 2.24) is 0 Å². The van der Waals surface area contributed by atoms with E-state index >= 15 is 0 Å². The van der Waals surface area contributed by atoms with Crippen LogP contribution in [0.3, 0.4) is 0 Å². The number of carbonyl (C=O) groups is 1. The average molecular weight is 427 g/mol. The van der Waals surface area contributed by atoms with Crippen LogP contribution >= 0.6 is 11.6 Å². The summed E-state index contributed by atoms with van der Waals surface area (Å²) in [5.74, 6) is -11.5. The van der Waals surface area contributed by atoms with Gasteiger partial charge in [-0.15, -0.1) is 0 Å². The minimum atomic E-state index is -5.32. The lowest BCUT2D eigenvalue weighted by molar-refractivity contribution is -0.0594. The molecule has 2 aromatic carbocycles. The van der Waals surface area contributed by atoms with Gasteiger partial charge in [0.2, 0.25) is 15.6 Å². The van der Waals surface area contributed by atoms with Crippen LogP contribution in [0.5, 0.6) is 5.75 Å². The van der Waals surface area contributed by atoms with Crippen molar-refractivity contribution in [3.63, 3.8) is 0 Å². The lowest BCUT2D eigenvalue weighted by atomic mass is 10.1. The summed E-state index contributed by atoms with van der Waals surface area (Å²) in [7, 11) is -5.32. The fourth-order valence-electron chi connectivity index (χ4n) is 2.69. The summed E-state index contributed by atoms with van der Waals surface area (Å²) in [6.07, 6.45) is -2.34. The monoisotopic (exact) mass is 426 g/mol. The molecule has 1 aliphatic rings. The van der Waals surface area contributed by atoms with Crippen LogP contribution in [0, 0.1) is 5.82 Å². The average Bonchev–Trinajstić information content (AvgIpc) is 2.75. The Hall–Kier alpha value is -2.20. The molecule has 1 unspecified atom stereocenters. The topological polar surface area (TPSA) is 60.4 Å². The van der Waals surface area contributed by atoms with E-state index in [0.717, 1.165) is 30.3 Å². The van der Waals surface area contributed by atoms with Crippen molar-refractivity contribution in [2.45, 2.75) is 22.7 Å². The van der Waals surface area contributed by atoms with Gasteiger partial charge in [0.05, 0.1) is 10.5 Å². The van der Waals surface area contributed by atoms with Crippen molar-refractivity contribution in [1.29, 1.82) is 0 Å². The summed E-state index contributed by atoms with van der Waals surface area (Å²) in [6.45, 7) is 0. The van der Waals surface area contributed by atoms with Crippen molar-refractivity contribution in [2.24, 2.45) is 0 Å². The molecule has 1 atom stereocenters. The minimum absolute atomic E-state index is 0.174. The number of halogens is 6. The number of ketones is 1. The molecule has 0 bridgehead atoms. The Morgan fingerprint density at radius 2 is 1.81 bits per heavy atom. The van der Waals surface area contributed by atoms with Crippen molar-refractivity contribution < 1.29 is 39.9 Å². The van der Waals surface area contributed by atoms with Gasteiger partial charge >= 0.3 is 11.7 Å². The number of Topliss-reactive ketones (excluding diaryl/α,β-unsaturated/α-hetero) is 1. The third-order valence-electron chi connectivity index (χ3n) is 3.83. The number of carbonyl (C=O) groups excluding carboxylic acids is 1. The summed E-state index contributed by atoms with van der Waals surface area (Å²) >= 11 is 5.62. The number of fused-ring (bicyclic) bond motifs is 1. The second-order valence-electron chi connectivity index (χ2n) is 5.58. The zero-order valence-corrected chi connectivity index (χ0v) is 14.5. The molecule has 0 spiro atoms. The van der Waals surface area contributed by atoms with Gasteiger partial charge in [-0.1, -0.05) is 23.7 Å². The number of hydrogen-bond donors (Lipinski definition) is 0. The lowest BCUT2D eigenvalue weighted by Crippen LogP contribution is -2.32. The highest BCUT2D eigenvalue weighted by atomic mass is 35.5. The largest absolute Gasteiger partial charge is 0.479 e. The standard InChI is InChI=1S/C16H8ClF5O4S/c17-7-4-8(18)6-9(5-7)26-14-10-2-1-3-11(27(24,25)15(19)20)12(10)13(23)16(14,21)22/h1-6,14-15H. The Morgan fingerprint density at radius 3 is 2.41 bits per heavy atom.